The van der Waals surface area contributed by atoms with Gasteiger partial charge in [0.15, 0.2) is 11.3 Å². The predicted molar refractivity (Wildman–Crippen MR) is 76.4 cm³/mol. The summed E-state index contributed by atoms with van der Waals surface area (Å²) in [6.45, 7) is 2.87. The summed E-state index contributed by atoms with van der Waals surface area (Å²) >= 11 is 0. The molecule has 3 rings (SSSR count). The Bertz CT molecular complexity index is 757. The standard InChI is InChI=1S/C15H16O7/c1-15(2,18)11(16)6-19-9-5-10-14(21-7-20-10)13-8(9)3-4-12(17)22-13/h3-5,11,16,18H,6-7H2,1-2H3/t11-/m1/s1. The van der Waals surface area contributed by atoms with E-state index in [-0.39, 0.29) is 19.0 Å². The third kappa shape index (κ3) is 2.60. The second kappa shape index (κ2) is 5.19. The van der Waals surface area contributed by atoms with Crippen LogP contribution in [0.15, 0.2) is 27.4 Å². The molecule has 0 fully saturated rings. The number of aliphatic hydroxyl groups excluding tert-OH is 1. The van der Waals surface area contributed by atoms with Gasteiger partial charge in [-0.25, -0.2) is 4.79 Å². The van der Waals surface area contributed by atoms with Gasteiger partial charge in [-0.1, -0.05) is 0 Å². The Labute approximate surface area is 125 Å². The Morgan fingerprint density at radius 3 is 2.86 bits per heavy atom. The Kier molecular flexibility index (Phi) is 3.46. The van der Waals surface area contributed by atoms with Crippen LogP contribution in [-0.4, -0.2) is 35.3 Å². The van der Waals surface area contributed by atoms with Gasteiger partial charge in [-0.2, -0.15) is 0 Å². The minimum absolute atomic E-state index is 0.0266. The molecule has 1 atom stereocenters. The van der Waals surface area contributed by atoms with Crippen LogP contribution < -0.4 is 19.8 Å². The summed E-state index contributed by atoms with van der Waals surface area (Å²) in [7, 11) is 0. The maximum Gasteiger partial charge on any atom is 0.336 e. The van der Waals surface area contributed by atoms with Crippen molar-refractivity contribution in [1.82, 2.24) is 0 Å². The fourth-order valence-electron chi connectivity index (χ4n) is 2.04. The molecule has 7 nitrogen and oxygen atoms in total. The number of hydrogen-bond acceptors (Lipinski definition) is 7. The lowest BCUT2D eigenvalue weighted by atomic mass is 10.0. The van der Waals surface area contributed by atoms with E-state index in [2.05, 4.69) is 0 Å². The largest absolute Gasteiger partial charge is 0.490 e. The summed E-state index contributed by atoms with van der Waals surface area (Å²) in [5, 5.41) is 20.1. The fraction of sp³-hybridized carbons (Fsp3) is 0.400. The number of ether oxygens (including phenoxy) is 3. The molecule has 1 aromatic carbocycles. The molecule has 1 aromatic heterocycles. The van der Waals surface area contributed by atoms with Crippen LogP contribution in [0.1, 0.15) is 13.8 Å². The lowest BCUT2D eigenvalue weighted by Gasteiger charge is -2.24. The van der Waals surface area contributed by atoms with Crippen LogP contribution in [0.5, 0.6) is 17.2 Å². The van der Waals surface area contributed by atoms with Crippen LogP contribution in [-0.2, 0) is 0 Å². The van der Waals surface area contributed by atoms with E-state index in [1.807, 2.05) is 0 Å². The van der Waals surface area contributed by atoms with Gasteiger partial charge in [-0.05, 0) is 19.9 Å². The zero-order valence-electron chi connectivity index (χ0n) is 12.2. The molecule has 0 radical (unpaired) electrons. The summed E-state index contributed by atoms with van der Waals surface area (Å²) in [6, 6.07) is 4.42. The van der Waals surface area contributed by atoms with Gasteiger partial charge < -0.3 is 28.8 Å². The molecule has 0 saturated carbocycles. The van der Waals surface area contributed by atoms with E-state index in [4.69, 9.17) is 18.6 Å². The van der Waals surface area contributed by atoms with Crippen molar-refractivity contribution in [3.63, 3.8) is 0 Å². The highest BCUT2D eigenvalue weighted by atomic mass is 16.7. The Hall–Kier alpha value is -2.25. The summed E-state index contributed by atoms with van der Waals surface area (Å²) in [4.78, 5) is 11.4. The molecule has 1 aliphatic heterocycles. The van der Waals surface area contributed by atoms with Gasteiger partial charge >= 0.3 is 5.63 Å². The van der Waals surface area contributed by atoms with E-state index < -0.39 is 17.3 Å². The van der Waals surface area contributed by atoms with Crippen molar-refractivity contribution in [1.29, 1.82) is 0 Å². The van der Waals surface area contributed by atoms with E-state index in [0.29, 0.717) is 22.6 Å². The van der Waals surface area contributed by atoms with Crippen LogP contribution in [0.3, 0.4) is 0 Å². The van der Waals surface area contributed by atoms with Gasteiger partial charge in [-0.15, -0.1) is 0 Å². The lowest BCUT2D eigenvalue weighted by molar-refractivity contribution is -0.0659. The highest BCUT2D eigenvalue weighted by Crippen LogP contribution is 2.43. The highest BCUT2D eigenvalue weighted by Gasteiger charge is 2.27. The SMILES string of the molecule is CC(C)(O)[C@H](O)COc1cc2c(c3oc(=O)ccc13)OCO2. The molecule has 0 unspecified atom stereocenters. The third-order valence-corrected chi connectivity index (χ3v) is 3.42. The maximum absolute atomic E-state index is 11.4. The first-order valence-electron chi connectivity index (χ1n) is 6.76. The van der Waals surface area contributed by atoms with Crippen LogP contribution in [0.4, 0.5) is 0 Å². The highest BCUT2D eigenvalue weighted by molar-refractivity contribution is 5.91. The molecule has 2 aromatic rings. The molecular formula is C15H16O7. The molecule has 1 aliphatic rings. The number of benzene rings is 1. The number of aliphatic hydroxyl groups is 2. The van der Waals surface area contributed by atoms with Crippen molar-refractivity contribution in [2.75, 3.05) is 13.4 Å². The molecule has 0 spiro atoms. The predicted octanol–water partition coefficient (Wildman–Crippen LogP) is 1.03. The van der Waals surface area contributed by atoms with Gasteiger partial charge in [-0.3, -0.25) is 0 Å². The van der Waals surface area contributed by atoms with Crippen LogP contribution in [0.2, 0.25) is 0 Å². The average Bonchev–Trinajstić information content (AvgIpc) is 2.91. The van der Waals surface area contributed by atoms with E-state index in [1.165, 1.54) is 19.9 Å². The molecule has 7 heteroatoms. The quantitative estimate of drug-likeness (QED) is 0.814. The second-order valence-electron chi connectivity index (χ2n) is 5.59. The normalized spacial score (nSPS) is 15.1. The second-order valence-corrected chi connectivity index (χ2v) is 5.59. The van der Waals surface area contributed by atoms with Crippen molar-refractivity contribution >= 4 is 11.0 Å². The van der Waals surface area contributed by atoms with Crippen LogP contribution >= 0.6 is 0 Å². The fourth-order valence-corrected chi connectivity index (χ4v) is 2.04. The Morgan fingerprint density at radius 1 is 1.36 bits per heavy atom. The van der Waals surface area contributed by atoms with E-state index >= 15 is 0 Å². The zero-order chi connectivity index (χ0) is 15.9. The Balaban J connectivity index is 2.00. The molecule has 0 bridgehead atoms. The molecule has 118 valence electrons. The summed E-state index contributed by atoms with van der Waals surface area (Å²) < 4.78 is 21.3. The van der Waals surface area contributed by atoms with Crippen molar-refractivity contribution in [3.05, 3.63) is 28.6 Å². The molecule has 22 heavy (non-hydrogen) atoms. The first-order valence-corrected chi connectivity index (χ1v) is 6.76. The molecule has 0 aliphatic carbocycles. The molecule has 2 N–H and O–H groups in total. The van der Waals surface area contributed by atoms with Crippen LogP contribution in [0, 0.1) is 0 Å². The first kappa shape index (κ1) is 14.7. The third-order valence-electron chi connectivity index (χ3n) is 3.42. The minimum atomic E-state index is -1.29. The van der Waals surface area contributed by atoms with Gasteiger partial charge in [0.25, 0.3) is 0 Å². The van der Waals surface area contributed by atoms with Gasteiger partial charge in [0.2, 0.25) is 12.5 Å². The first-order chi connectivity index (χ1) is 10.4. The Morgan fingerprint density at radius 2 is 2.14 bits per heavy atom. The van der Waals surface area contributed by atoms with Crippen molar-refractivity contribution in [2.24, 2.45) is 0 Å². The van der Waals surface area contributed by atoms with Gasteiger partial charge in [0.05, 0.1) is 11.0 Å². The van der Waals surface area contributed by atoms with Crippen LogP contribution in [0.25, 0.3) is 11.0 Å². The van der Waals surface area contributed by atoms with Crippen molar-refractivity contribution in [2.45, 2.75) is 25.6 Å². The van der Waals surface area contributed by atoms with Crippen molar-refractivity contribution in [3.8, 4) is 17.2 Å². The van der Waals surface area contributed by atoms with E-state index in [1.54, 1.807) is 12.1 Å². The molecule has 0 saturated heterocycles. The maximum atomic E-state index is 11.4. The zero-order valence-corrected chi connectivity index (χ0v) is 12.2. The lowest BCUT2D eigenvalue weighted by Crippen LogP contribution is -2.40. The summed E-state index contributed by atoms with van der Waals surface area (Å²) in [6.07, 6.45) is -1.08. The topological polar surface area (TPSA) is 98.4 Å². The van der Waals surface area contributed by atoms with Gasteiger partial charge in [0.1, 0.15) is 18.5 Å². The number of fused-ring (bicyclic) bond motifs is 3. The monoisotopic (exact) mass is 308 g/mol. The number of hydrogen-bond donors (Lipinski definition) is 2. The van der Waals surface area contributed by atoms with Gasteiger partial charge in [0, 0.05) is 12.1 Å². The molecule has 0 amide bonds. The molecular weight excluding hydrogens is 292 g/mol. The molecule has 2 heterocycles. The van der Waals surface area contributed by atoms with E-state index in [9.17, 15) is 15.0 Å². The smallest absolute Gasteiger partial charge is 0.336 e. The number of rotatable bonds is 4. The summed E-state index contributed by atoms with van der Waals surface area (Å²) in [5.74, 6) is 1.11. The summed E-state index contributed by atoms with van der Waals surface area (Å²) in [5.41, 5.74) is -1.58. The van der Waals surface area contributed by atoms with E-state index in [0.717, 1.165) is 0 Å². The minimum Gasteiger partial charge on any atom is -0.490 e. The average molecular weight is 308 g/mol. The van der Waals surface area contributed by atoms with Crippen molar-refractivity contribution < 1.29 is 28.8 Å².